The van der Waals surface area contributed by atoms with Crippen LogP contribution in [0.25, 0.3) is 0 Å². The summed E-state index contributed by atoms with van der Waals surface area (Å²) in [6, 6.07) is 5.81. The van der Waals surface area contributed by atoms with Gasteiger partial charge in [-0.05, 0) is 38.1 Å². The van der Waals surface area contributed by atoms with Crippen LogP contribution in [0, 0.1) is 0 Å². The maximum atomic E-state index is 12.8. The molecule has 0 aliphatic carbocycles. The predicted molar refractivity (Wildman–Crippen MR) is 104 cm³/mol. The Morgan fingerprint density at radius 2 is 1.52 bits per heavy atom. The van der Waals surface area contributed by atoms with E-state index >= 15 is 0 Å². The number of benzene rings is 1. The van der Waals surface area contributed by atoms with Gasteiger partial charge in [0.05, 0.1) is 11.2 Å². The summed E-state index contributed by atoms with van der Waals surface area (Å²) < 4.78 is 51.8. The molecule has 0 saturated heterocycles. The van der Waals surface area contributed by atoms with Crippen molar-refractivity contribution in [1.82, 2.24) is 9.62 Å². The molecule has 7 nitrogen and oxygen atoms in total. The molecule has 0 spiro atoms. The van der Waals surface area contributed by atoms with Crippen LogP contribution in [0.3, 0.4) is 0 Å². The van der Waals surface area contributed by atoms with Gasteiger partial charge in [-0.3, -0.25) is 4.72 Å². The van der Waals surface area contributed by atoms with E-state index in [0.29, 0.717) is 18.8 Å². The third kappa shape index (κ3) is 7.91. The number of halogens is 1. The summed E-state index contributed by atoms with van der Waals surface area (Å²) in [5.74, 6) is 0. The lowest BCUT2D eigenvalue weighted by molar-refractivity contribution is 0.346. The van der Waals surface area contributed by atoms with Crippen molar-refractivity contribution in [1.29, 1.82) is 0 Å². The van der Waals surface area contributed by atoms with Crippen molar-refractivity contribution in [3.63, 3.8) is 0 Å². The molecule has 0 bridgehead atoms. The van der Waals surface area contributed by atoms with Crippen LogP contribution in [-0.4, -0.2) is 52.6 Å². The molecule has 0 radical (unpaired) electrons. The molecule has 2 N–H and O–H groups in total. The highest BCUT2D eigenvalue weighted by Gasteiger charge is 2.26. The highest BCUT2D eigenvalue weighted by Crippen LogP contribution is 2.20. The van der Waals surface area contributed by atoms with E-state index in [1.54, 1.807) is 0 Å². The predicted octanol–water partition coefficient (Wildman–Crippen LogP) is 1.88. The van der Waals surface area contributed by atoms with Crippen molar-refractivity contribution in [2.24, 2.45) is 0 Å². The first kappa shape index (κ1) is 24.1. The Labute approximate surface area is 157 Å². The molecule has 25 heavy (non-hydrogen) atoms. The maximum Gasteiger partial charge on any atom is 0.243 e. The van der Waals surface area contributed by atoms with E-state index in [1.165, 1.54) is 28.6 Å². The molecule has 1 aromatic rings. The molecule has 0 atom stereocenters. The van der Waals surface area contributed by atoms with Gasteiger partial charge >= 0.3 is 0 Å². The van der Waals surface area contributed by atoms with Crippen LogP contribution >= 0.6 is 12.4 Å². The molecule has 0 amide bonds. The fraction of sp³-hybridized carbons (Fsp3) is 0.600. The van der Waals surface area contributed by atoms with E-state index in [2.05, 4.69) is 10.0 Å². The van der Waals surface area contributed by atoms with Crippen molar-refractivity contribution in [2.75, 3.05) is 24.1 Å². The smallest absolute Gasteiger partial charge is 0.243 e. The SMILES string of the molecule is CC(C)NCCN(C(C)C)S(=O)(=O)c1ccc(NS(C)(=O)=O)cc1.Cl. The molecule has 146 valence electrons. The molecule has 0 fully saturated rings. The molecule has 0 aliphatic heterocycles. The Morgan fingerprint density at radius 1 is 1.00 bits per heavy atom. The molecule has 1 rings (SSSR count). The lowest BCUT2D eigenvalue weighted by Gasteiger charge is -2.26. The summed E-state index contributed by atoms with van der Waals surface area (Å²) >= 11 is 0. The number of rotatable bonds is 9. The van der Waals surface area contributed by atoms with Gasteiger partial charge in [0.2, 0.25) is 20.0 Å². The number of hydrogen-bond acceptors (Lipinski definition) is 5. The lowest BCUT2D eigenvalue weighted by atomic mass is 10.3. The number of sulfonamides is 2. The highest BCUT2D eigenvalue weighted by molar-refractivity contribution is 7.92. The Bertz CT molecular complexity index is 733. The third-order valence-electron chi connectivity index (χ3n) is 3.22. The Kier molecular flexibility index (Phi) is 9.39. The maximum absolute atomic E-state index is 12.8. The van der Waals surface area contributed by atoms with E-state index in [4.69, 9.17) is 0 Å². The first-order valence-electron chi connectivity index (χ1n) is 7.76. The van der Waals surface area contributed by atoms with E-state index in [1.807, 2.05) is 27.7 Å². The summed E-state index contributed by atoms with van der Waals surface area (Å²) in [5, 5.41) is 3.21. The fourth-order valence-electron chi connectivity index (χ4n) is 2.16. The lowest BCUT2D eigenvalue weighted by Crippen LogP contribution is -2.42. The average Bonchev–Trinajstić information content (AvgIpc) is 2.41. The molecule has 0 aromatic heterocycles. The fourth-order valence-corrected chi connectivity index (χ4v) is 4.37. The van der Waals surface area contributed by atoms with Crippen LogP contribution in [0.5, 0.6) is 0 Å². The van der Waals surface area contributed by atoms with Crippen molar-refractivity contribution in [3.8, 4) is 0 Å². The molecular weight excluding hydrogens is 386 g/mol. The Balaban J connectivity index is 0.00000576. The summed E-state index contributed by atoms with van der Waals surface area (Å²) in [6.45, 7) is 8.58. The van der Waals surface area contributed by atoms with Crippen LogP contribution in [-0.2, 0) is 20.0 Å². The van der Waals surface area contributed by atoms with Crippen molar-refractivity contribution in [3.05, 3.63) is 24.3 Å². The van der Waals surface area contributed by atoms with Gasteiger partial charge in [-0.25, -0.2) is 16.8 Å². The summed E-state index contributed by atoms with van der Waals surface area (Å²) in [7, 11) is -7.04. The zero-order valence-corrected chi connectivity index (χ0v) is 17.6. The largest absolute Gasteiger partial charge is 0.313 e. The molecular formula is C15H28ClN3O4S2. The van der Waals surface area contributed by atoms with Crippen LogP contribution in [0.1, 0.15) is 27.7 Å². The minimum Gasteiger partial charge on any atom is -0.313 e. The average molecular weight is 414 g/mol. The van der Waals surface area contributed by atoms with Crippen molar-refractivity contribution < 1.29 is 16.8 Å². The van der Waals surface area contributed by atoms with Crippen LogP contribution in [0.4, 0.5) is 5.69 Å². The molecule has 0 unspecified atom stereocenters. The number of hydrogen-bond donors (Lipinski definition) is 2. The number of anilines is 1. The Morgan fingerprint density at radius 3 is 1.92 bits per heavy atom. The monoisotopic (exact) mass is 413 g/mol. The topological polar surface area (TPSA) is 95.6 Å². The second-order valence-corrected chi connectivity index (χ2v) is 9.86. The first-order chi connectivity index (χ1) is 10.9. The third-order valence-corrected chi connectivity index (χ3v) is 5.92. The van der Waals surface area contributed by atoms with E-state index in [-0.39, 0.29) is 29.4 Å². The quantitative estimate of drug-likeness (QED) is 0.644. The standard InChI is InChI=1S/C15H27N3O4S2.ClH/c1-12(2)16-10-11-18(13(3)4)24(21,22)15-8-6-14(7-9-15)17-23(5,19)20;/h6-9,12-13,16-17H,10-11H2,1-5H3;1H. The summed E-state index contributed by atoms with van der Waals surface area (Å²) in [5.41, 5.74) is 0.328. The number of nitrogens with zero attached hydrogens (tertiary/aromatic N) is 1. The van der Waals surface area contributed by atoms with Gasteiger partial charge < -0.3 is 5.32 Å². The van der Waals surface area contributed by atoms with Gasteiger partial charge in [-0.2, -0.15) is 4.31 Å². The molecule has 0 heterocycles. The Hall–Kier alpha value is -0.870. The minimum absolute atomic E-state index is 0. The van der Waals surface area contributed by atoms with Crippen molar-refractivity contribution in [2.45, 2.75) is 44.7 Å². The minimum atomic E-state index is -3.64. The second kappa shape index (κ2) is 9.72. The summed E-state index contributed by atoms with van der Waals surface area (Å²) in [6.07, 6.45) is 1.04. The second-order valence-electron chi connectivity index (χ2n) is 6.22. The normalized spacial score (nSPS) is 12.5. The van der Waals surface area contributed by atoms with Gasteiger partial charge in [0.25, 0.3) is 0 Å². The molecule has 0 saturated carbocycles. The van der Waals surface area contributed by atoms with Crippen LogP contribution < -0.4 is 10.0 Å². The molecule has 0 aliphatic rings. The molecule has 1 aromatic carbocycles. The van der Waals surface area contributed by atoms with E-state index < -0.39 is 20.0 Å². The van der Waals surface area contributed by atoms with Gasteiger partial charge in [-0.15, -0.1) is 12.4 Å². The van der Waals surface area contributed by atoms with Gasteiger partial charge in [-0.1, -0.05) is 13.8 Å². The van der Waals surface area contributed by atoms with Gasteiger partial charge in [0.1, 0.15) is 0 Å². The van der Waals surface area contributed by atoms with Crippen molar-refractivity contribution >= 4 is 38.1 Å². The number of nitrogens with one attached hydrogen (secondary N) is 2. The zero-order valence-electron chi connectivity index (χ0n) is 15.2. The first-order valence-corrected chi connectivity index (χ1v) is 11.1. The van der Waals surface area contributed by atoms with Gasteiger partial charge in [0.15, 0.2) is 0 Å². The van der Waals surface area contributed by atoms with Gasteiger partial charge in [0, 0.05) is 30.9 Å². The summed E-state index contributed by atoms with van der Waals surface area (Å²) in [4.78, 5) is 0.139. The zero-order chi connectivity index (χ0) is 18.5. The van der Waals surface area contributed by atoms with E-state index in [0.717, 1.165) is 6.26 Å². The highest BCUT2D eigenvalue weighted by atomic mass is 35.5. The molecule has 10 heteroatoms. The van der Waals surface area contributed by atoms with Crippen LogP contribution in [0.2, 0.25) is 0 Å². The van der Waals surface area contributed by atoms with Crippen LogP contribution in [0.15, 0.2) is 29.2 Å². The van der Waals surface area contributed by atoms with E-state index in [9.17, 15) is 16.8 Å².